The summed E-state index contributed by atoms with van der Waals surface area (Å²) in [6.07, 6.45) is 3.94. The SMILES string of the molecule is CCOC1CC(N)(C(=O)Nc2ccncc2C)C1(C)C.Cl.Cl. The lowest BCUT2D eigenvalue weighted by molar-refractivity contribution is -0.166. The number of rotatable bonds is 4. The van der Waals surface area contributed by atoms with Crippen LogP contribution in [0.15, 0.2) is 18.5 Å². The maximum absolute atomic E-state index is 12.5. The lowest BCUT2D eigenvalue weighted by Gasteiger charge is -2.57. The molecule has 3 N–H and O–H groups in total. The van der Waals surface area contributed by atoms with Crippen LogP contribution in [0.2, 0.25) is 0 Å². The quantitative estimate of drug-likeness (QED) is 0.875. The van der Waals surface area contributed by atoms with E-state index in [4.69, 9.17) is 10.5 Å². The molecule has 22 heavy (non-hydrogen) atoms. The van der Waals surface area contributed by atoms with Crippen LogP contribution in [-0.4, -0.2) is 29.1 Å². The minimum absolute atomic E-state index is 0. The summed E-state index contributed by atoms with van der Waals surface area (Å²) >= 11 is 0. The molecule has 0 radical (unpaired) electrons. The number of halogens is 2. The molecule has 0 saturated heterocycles. The number of nitrogens with zero attached hydrogens (tertiary/aromatic N) is 1. The number of hydrogen-bond acceptors (Lipinski definition) is 4. The van der Waals surface area contributed by atoms with Gasteiger partial charge in [-0.25, -0.2) is 0 Å². The van der Waals surface area contributed by atoms with E-state index in [1.54, 1.807) is 18.5 Å². The Morgan fingerprint density at radius 3 is 2.64 bits per heavy atom. The second kappa shape index (κ2) is 7.59. The molecule has 0 aromatic carbocycles. The van der Waals surface area contributed by atoms with Crippen molar-refractivity contribution in [3.8, 4) is 0 Å². The number of aromatic nitrogens is 1. The highest BCUT2D eigenvalue weighted by Gasteiger charge is 2.62. The molecule has 1 aliphatic carbocycles. The molecule has 1 aromatic heterocycles. The molecule has 0 spiro atoms. The summed E-state index contributed by atoms with van der Waals surface area (Å²) in [6, 6.07) is 1.78. The molecule has 1 amide bonds. The molecule has 5 nitrogen and oxygen atoms in total. The zero-order valence-electron chi connectivity index (χ0n) is 13.4. The summed E-state index contributed by atoms with van der Waals surface area (Å²) in [4.78, 5) is 16.5. The van der Waals surface area contributed by atoms with Gasteiger partial charge in [0.1, 0.15) is 5.54 Å². The van der Waals surface area contributed by atoms with Gasteiger partial charge in [-0.2, -0.15) is 0 Å². The second-order valence-corrected chi connectivity index (χ2v) is 5.99. The van der Waals surface area contributed by atoms with Crippen molar-refractivity contribution >= 4 is 36.4 Å². The fourth-order valence-electron chi connectivity index (χ4n) is 2.67. The molecule has 2 rings (SSSR count). The molecular weight excluding hydrogens is 325 g/mol. The van der Waals surface area contributed by atoms with E-state index in [0.29, 0.717) is 13.0 Å². The molecule has 7 heteroatoms. The number of nitrogens with two attached hydrogens (primary N) is 1. The van der Waals surface area contributed by atoms with Gasteiger partial charge >= 0.3 is 0 Å². The third-order valence-electron chi connectivity index (χ3n) is 4.50. The zero-order valence-corrected chi connectivity index (χ0v) is 15.0. The number of hydrogen-bond donors (Lipinski definition) is 2. The van der Waals surface area contributed by atoms with Crippen LogP contribution < -0.4 is 11.1 Å². The molecule has 1 saturated carbocycles. The van der Waals surface area contributed by atoms with E-state index >= 15 is 0 Å². The molecule has 126 valence electrons. The number of amides is 1. The van der Waals surface area contributed by atoms with Crippen LogP contribution in [0.4, 0.5) is 5.69 Å². The van der Waals surface area contributed by atoms with Gasteiger partial charge in [-0.1, -0.05) is 13.8 Å². The first-order valence-corrected chi connectivity index (χ1v) is 6.95. The van der Waals surface area contributed by atoms with Crippen molar-refractivity contribution in [1.82, 2.24) is 4.98 Å². The molecule has 1 fully saturated rings. The minimum atomic E-state index is -0.900. The molecule has 0 bridgehead atoms. The number of anilines is 1. The van der Waals surface area contributed by atoms with Crippen LogP contribution in [0.1, 0.15) is 32.8 Å². The first-order chi connectivity index (χ1) is 9.33. The van der Waals surface area contributed by atoms with Crippen molar-refractivity contribution in [1.29, 1.82) is 0 Å². The Morgan fingerprint density at radius 1 is 1.50 bits per heavy atom. The lowest BCUT2D eigenvalue weighted by Crippen LogP contribution is -2.74. The second-order valence-electron chi connectivity index (χ2n) is 5.99. The number of aryl methyl sites for hydroxylation is 1. The smallest absolute Gasteiger partial charge is 0.245 e. The maximum Gasteiger partial charge on any atom is 0.245 e. The van der Waals surface area contributed by atoms with Crippen LogP contribution in [0.5, 0.6) is 0 Å². The van der Waals surface area contributed by atoms with Crippen molar-refractivity contribution in [2.45, 2.75) is 45.8 Å². The number of pyridine rings is 1. The van der Waals surface area contributed by atoms with Gasteiger partial charge in [0.25, 0.3) is 0 Å². The normalized spacial score (nSPS) is 25.2. The molecule has 1 aliphatic rings. The number of carbonyl (C=O) groups excluding carboxylic acids is 1. The average Bonchev–Trinajstić information content (AvgIpc) is 2.40. The van der Waals surface area contributed by atoms with Gasteiger partial charge in [0.05, 0.1) is 6.10 Å². The Morgan fingerprint density at radius 2 is 2.14 bits per heavy atom. The molecular formula is C15H25Cl2N3O2. The minimum Gasteiger partial charge on any atom is -0.378 e. The highest BCUT2D eigenvalue weighted by Crippen LogP contribution is 2.50. The predicted octanol–water partition coefficient (Wildman–Crippen LogP) is 2.70. The third-order valence-corrected chi connectivity index (χ3v) is 4.50. The molecule has 0 aliphatic heterocycles. The van der Waals surface area contributed by atoms with Crippen LogP contribution in [0.25, 0.3) is 0 Å². The van der Waals surface area contributed by atoms with Gasteiger partial charge in [0.2, 0.25) is 5.91 Å². The Labute approximate surface area is 144 Å². The molecule has 1 heterocycles. The summed E-state index contributed by atoms with van der Waals surface area (Å²) < 4.78 is 5.64. The van der Waals surface area contributed by atoms with Crippen molar-refractivity contribution in [3.63, 3.8) is 0 Å². The number of nitrogens with one attached hydrogen (secondary N) is 1. The highest BCUT2D eigenvalue weighted by molar-refractivity contribution is 6.00. The van der Waals surface area contributed by atoms with E-state index in [1.165, 1.54) is 0 Å². The first kappa shape index (κ1) is 21.1. The third kappa shape index (κ3) is 3.38. The van der Waals surface area contributed by atoms with E-state index in [0.717, 1.165) is 11.3 Å². The molecule has 2 unspecified atom stereocenters. The topological polar surface area (TPSA) is 77.2 Å². The van der Waals surface area contributed by atoms with E-state index in [9.17, 15) is 4.79 Å². The largest absolute Gasteiger partial charge is 0.378 e. The highest BCUT2D eigenvalue weighted by atomic mass is 35.5. The van der Waals surface area contributed by atoms with Crippen molar-refractivity contribution < 1.29 is 9.53 Å². The summed E-state index contributed by atoms with van der Waals surface area (Å²) in [7, 11) is 0. The van der Waals surface area contributed by atoms with Crippen LogP contribution >= 0.6 is 24.8 Å². The Hall–Kier alpha value is -0.880. The van der Waals surface area contributed by atoms with Crippen LogP contribution in [0, 0.1) is 12.3 Å². The van der Waals surface area contributed by atoms with Crippen LogP contribution in [-0.2, 0) is 9.53 Å². The van der Waals surface area contributed by atoms with Gasteiger partial charge in [-0.3, -0.25) is 9.78 Å². The maximum atomic E-state index is 12.5. The Bertz CT molecular complexity index is 525. The zero-order chi connectivity index (χ0) is 15.0. The molecule has 2 atom stereocenters. The summed E-state index contributed by atoms with van der Waals surface area (Å²) in [5.74, 6) is -0.159. The Balaban J connectivity index is 0.00000220. The fourth-order valence-corrected chi connectivity index (χ4v) is 2.67. The predicted molar refractivity (Wildman–Crippen MR) is 92.8 cm³/mol. The van der Waals surface area contributed by atoms with Crippen molar-refractivity contribution in [2.75, 3.05) is 11.9 Å². The van der Waals surface area contributed by atoms with E-state index in [2.05, 4.69) is 10.3 Å². The fraction of sp³-hybridized carbons (Fsp3) is 0.600. The first-order valence-electron chi connectivity index (χ1n) is 6.95. The standard InChI is InChI=1S/C15H23N3O2.2ClH/c1-5-20-12-8-15(16,14(12,3)4)13(19)18-11-6-7-17-9-10(11)2;;/h6-7,9,12H,5,8,16H2,1-4H3,(H,17,18,19);2*1H. The van der Waals surface area contributed by atoms with E-state index < -0.39 is 5.54 Å². The number of ether oxygens (including phenoxy) is 1. The van der Waals surface area contributed by atoms with E-state index in [-0.39, 0.29) is 42.2 Å². The monoisotopic (exact) mass is 349 g/mol. The summed E-state index contributed by atoms with van der Waals surface area (Å²) in [6.45, 7) is 8.45. The van der Waals surface area contributed by atoms with Gasteiger partial charge in [-0.05, 0) is 25.5 Å². The average molecular weight is 350 g/mol. The molecule has 1 aromatic rings. The van der Waals surface area contributed by atoms with Gasteiger partial charge in [0.15, 0.2) is 0 Å². The van der Waals surface area contributed by atoms with Crippen molar-refractivity contribution in [2.24, 2.45) is 11.1 Å². The van der Waals surface area contributed by atoms with Gasteiger partial charge < -0.3 is 15.8 Å². The van der Waals surface area contributed by atoms with Crippen molar-refractivity contribution in [3.05, 3.63) is 24.0 Å². The summed E-state index contributed by atoms with van der Waals surface area (Å²) in [5.41, 5.74) is 6.73. The van der Waals surface area contributed by atoms with Crippen LogP contribution in [0.3, 0.4) is 0 Å². The lowest BCUT2D eigenvalue weighted by atomic mass is 9.54. The summed E-state index contributed by atoms with van der Waals surface area (Å²) in [5, 5.41) is 2.91. The van der Waals surface area contributed by atoms with Gasteiger partial charge in [0, 0.05) is 36.5 Å². The number of carbonyl (C=O) groups is 1. The Kier molecular flexibility index (Phi) is 7.29. The van der Waals surface area contributed by atoms with Gasteiger partial charge in [-0.15, -0.1) is 24.8 Å². The van der Waals surface area contributed by atoms with E-state index in [1.807, 2.05) is 27.7 Å².